The summed E-state index contributed by atoms with van der Waals surface area (Å²) in [6.45, 7) is 6.11. The molecule has 0 radical (unpaired) electrons. The fourth-order valence-electron chi connectivity index (χ4n) is 2.01. The van der Waals surface area contributed by atoms with Crippen LogP contribution in [0.2, 0.25) is 0 Å². The van der Waals surface area contributed by atoms with Crippen molar-refractivity contribution in [3.8, 4) is 0 Å². The first-order chi connectivity index (χ1) is 9.81. The monoisotopic (exact) mass is 329 g/mol. The highest BCUT2D eigenvalue weighted by Gasteiger charge is 2.23. The van der Waals surface area contributed by atoms with Gasteiger partial charge in [0.2, 0.25) is 10.0 Å². The van der Waals surface area contributed by atoms with Crippen molar-refractivity contribution in [1.29, 1.82) is 0 Å². The molecule has 2 rings (SSSR count). The molecule has 116 valence electrons. The van der Waals surface area contributed by atoms with Crippen molar-refractivity contribution < 1.29 is 8.42 Å². The highest BCUT2D eigenvalue weighted by atomic mass is 32.2. The Balaban J connectivity index is 1.95. The molecule has 0 aromatic carbocycles. The van der Waals surface area contributed by atoms with Crippen molar-refractivity contribution in [2.24, 2.45) is 7.05 Å². The molecule has 0 aliphatic rings. The van der Waals surface area contributed by atoms with Gasteiger partial charge in [0.25, 0.3) is 0 Å². The minimum Gasteiger partial charge on any atom is -0.360 e. The molecule has 0 amide bonds. The van der Waals surface area contributed by atoms with Crippen LogP contribution in [0.3, 0.4) is 0 Å². The van der Waals surface area contributed by atoms with E-state index in [-0.39, 0.29) is 11.4 Å². The van der Waals surface area contributed by atoms with Gasteiger partial charge in [-0.2, -0.15) is 5.10 Å². The fourth-order valence-corrected chi connectivity index (χ4v) is 4.19. The predicted octanol–water partition coefficient (Wildman–Crippen LogP) is 1.19. The topological polar surface area (TPSA) is 88.9 Å². The zero-order valence-electron chi connectivity index (χ0n) is 12.5. The average molecular weight is 329 g/mol. The maximum Gasteiger partial charge on any atom is 0.244 e. The lowest BCUT2D eigenvalue weighted by Crippen LogP contribution is -2.29. The SMILES string of the molecule is Cc1csc(NCCNS(=O)(=O)c2c(C)nn(C)c2C)n1. The number of sulfonamides is 1. The maximum absolute atomic E-state index is 12.3. The Labute approximate surface area is 128 Å². The molecule has 0 aliphatic carbocycles. The zero-order valence-corrected chi connectivity index (χ0v) is 14.1. The van der Waals surface area contributed by atoms with E-state index < -0.39 is 10.0 Å². The van der Waals surface area contributed by atoms with Crippen LogP contribution in [0.25, 0.3) is 0 Å². The van der Waals surface area contributed by atoms with Gasteiger partial charge in [0.05, 0.1) is 17.1 Å². The first-order valence-corrected chi connectivity index (χ1v) is 8.83. The Bertz CT molecular complexity index is 733. The highest BCUT2D eigenvalue weighted by molar-refractivity contribution is 7.89. The summed E-state index contributed by atoms with van der Waals surface area (Å²) in [5.74, 6) is 0. The third-order valence-electron chi connectivity index (χ3n) is 3.02. The molecule has 0 unspecified atom stereocenters. The van der Waals surface area contributed by atoms with E-state index in [0.717, 1.165) is 10.8 Å². The largest absolute Gasteiger partial charge is 0.360 e. The van der Waals surface area contributed by atoms with E-state index in [4.69, 9.17) is 0 Å². The molecule has 0 bridgehead atoms. The lowest BCUT2D eigenvalue weighted by Gasteiger charge is -2.07. The summed E-state index contributed by atoms with van der Waals surface area (Å²) in [6, 6.07) is 0. The van der Waals surface area contributed by atoms with Gasteiger partial charge in [-0.3, -0.25) is 4.68 Å². The second-order valence-corrected chi connectivity index (χ2v) is 7.30. The van der Waals surface area contributed by atoms with Gasteiger partial charge in [-0.25, -0.2) is 18.1 Å². The molecule has 0 spiro atoms. The molecule has 7 nitrogen and oxygen atoms in total. The molecule has 9 heteroatoms. The minimum absolute atomic E-state index is 0.259. The van der Waals surface area contributed by atoms with Gasteiger partial charge >= 0.3 is 0 Å². The fraction of sp³-hybridized carbons (Fsp3) is 0.500. The van der Waals surface area contributed by atoms with Crippen LogP contribution in [0.1, 0.15) is 17.1 Å². The number of anilines is 1. The second-order valence-electron chi connectivity index (χ2n) is 4.74. The van der Waals surface area contributed by atoms with Gasteiger partial charge in [0.1, 0.15) is 4.90 Å². The Morgan fingerprint density at radius 3 is 2.52 bits per heavy atom. The van der Waals surface area contributed by atoms with Crippen molar-refractivity contribution in [2.75, 3.05) is 18.4 Å². The summed E-state index contributed by atoms with van der Waals surface area (Å²) in [5.41, 5.74) is 2.08. The summed E-state index contributed by atoms with van der Waals surface area (Å²) >= 11 is 1.50. The lowest BCUT2D eigenvalue weighted by atomic mass is 10.4. The first kappa shape index (κ1) is 15.9. The third kappa shape index (κ3) is 3.60. The highest BCUT2D eigenvalue weighted by Crippen LogP contribution is 2.18. The lowest BCUT2D eigenvalue weighted by molar-refractivity contribution is 0.581. The molecule has 0 saturated carbocycles. The van der Waals surface area contributed by atoms with E-state index in [0.29, 0.717) is 17.9 Å². The molecule has 2 N–H and O–H groups in total. The van der Waals surface area contributed by atoms with Gasteiger partial charge < -0.3 is 5.32 Å². The Morgan fingerprint density at radius 1 is 1.29 bits per heavy atom. The number of rotatable bonds is 6. The molecule has 0 fully saturated rings. The smallest absolute Gasteiger partial charge is 0.244 e. The van der Waals surface area contributed by atoms with E-state index in [1.807, 2.05) is 12.3 Å². The summed E-state index contributed by atoms with van der Waals surface area (Å²) in [5, 5.41) is 9.94. The summed E-state index contributed by atoms with van der Waals surface area (Å²) in [4.78, 5) is 4.51. The third-order valence-corrected chi connectivity index (χ3v) is 5.65. The van der Waals surface area contributed by atoms with Crippen LogP contribution in [0, 0.1) is 20.8 Å². The minimum atomic E-state index is -3.54. The van der Waals surface area contributed by atoms with Crippen LogP contribution in [0.5, 0.6) is 0 Å². The molecular weight excluding hydrogens is 310 g/mol. The van der Waals surface area contributed by atoms with E-state index >= 15 is 0 Å². The Kier molecular flexibility index (Phi) is 4.64. The maximum atomic E-state index is 12.3. The van der Waals surface area contributed by atoms with Crippen molar-refractivity contribution in [1.82, 2.24) is 19.5 Å². The number of aryl methyl sites for hydroxylation is 3. The number of hydrogen-bond donors (Lipinski definition) is 2. The van der Waals surface area contributed by atoms with Crippen LogP contribution in [0.4, 0.5) is 5.13 Å². The molecule has 21 heavy (non-hydrogen) atoms. The molecule has 2 aromatic rings. The number of nitrogens with one attached hydrogen (secondary N) is 2. The normalized spacial score (nSPS) is 11.8. The zero-order chi connectivity index (χ0) is 15.6. The first-order valence-electron chi connectivity index (χ1n) is 6.47. The number of nitrogens with zero attached hydrogens (tertiary/aromatic N) is 3. The van der Waals surface area contributed by atoms with Gasteiger partial charge in [-0.05, 0) is 20.8 Å². The summed E-state index contributed by atoms with van der Waals surface area (Å²) < 4.78 is 28.7. The van der Waals surface area contributed by atoms with Crippen LogP contribution >= 0.6 is 11.3 Å². The van der Waals surface area contributed by atoms with Crippen molar-refractivity contribution in [3.63, 3.8) is 0 Å². The quantitative estimate of drug-likeness (QED) is 0.777. The van der Waals surface area contributed by atoms with Crippen LogP contribution in [0.15, 0.2) is 10.3 Å². The van der Waals surface area contributed by atoms with Crippen LogP contribution < -0.4 is 10.0 Å². The van der Waals surface area contributed by atoms with Crippen LogP contribution in [-0.4, -0.2) is 36.3 Å². The van der Waals surface area contributed by atoms with Gasteiger partial charge in [-0.1, -0.05) is 0 Å². The van der Waals surface area contributed by atoms with Gasteiger partial charge in [-0.15, -0.1) is 11.3 Å². The predicted molar refractivity (Wildman–Crippen MR) is 83.2 cm³/mol. The standard InChI is InChI=1S/C12H19N5O2S2/c1-8-7-20-12(15-8)13-5-6-14-21(18,19)11-9(2)16-17(4)10(11)3/h7,14H,5-6H2,1-4H3,(H,13,15). The van der Waals surface area contributed by atoms with Crippen molar-refractivity contribution >= 4 is 26.5 Å². The Hall–Kier alpha value is -1.45. The molecule has 2 aromatic heterocycles. The number of hydrogen-bond acceptors (Lipinski definition) is 6. The second kappa shape index (κ2) is 6.12. The number of thiazole rings is 1. The molecule has 2 heterocycles. The molecule has 0 saturated heterocycles. The van der Waals surface area contributed by atoms with Crippen LogP contribution in [-0.2, 0) is 17.1 Å². The average Bonchev–Trinajstić information content (AvgIpc) is 2.90. The Morgan fingerprint density at radius 2 is 2.00 bits per heavy atom. The van der Waals surface area contributed by atoms with E-state index in [1.165, 1.54) is 11.3 Å². The summed E-state index contributed by atoms with van der Waals surface area (Å²) in [7, 11) is -1.81. The van der Waals surface area contributed by atoms with Gasteiger partial charge in [0.15, 0.2) is 5.13 Å². The van der Waals surface area contributed by atoms with Crippen molar-refractivity contribution in [3.05, 3.63) is 22.5 Å². The van der Waals surface area contributed by atoms with E-state index in [2.05, 4.69) is 20.1 Å². The van der Waals surface area contributed by atoms with Gasteiger partial charge in [0, 0.05) is 25.5 Å². The summed E-state index contributed by atoms with van der Waals surface area (Å²) in [6.07, 6.45) is 0. The molecular formula is C12H19N5O2S2. The van der Waals surface area contributed by atoms with Crippen molar-refractivity contribution in [2.45, 2.75) is 25.7 Å². The van der Waals surface area contributed by atoms with E-state index in [1.54, 1.807) is 25.6 Å². The molecule has 0 atom stereocenters. The number of aromatic nitrogens is 3. The molecule has 0 aliphatic heterocycles. The van der Waals surface area contributed by atoms with E-state index in [9.17, 15) is 8.42 Å².